The lowest BCUT2D eigenvalue weighted by molar-refractivity contribution is 0.0447. The van der Waals surface area contributed by atoms with E-state index in [9.17, 15) is 9.18 Å². The molecule has 1 aromatic rings. The van der Waals surface area contributed by atoms with Crippen molar-refractivity contribution in [3.63, 3.8) is 0 Å². The van der Waals surface area contributed by atoms with Crippen LogP contribution in [0.2, 0.25) is 0 Å². The Labute approximate surface area is 134 Å². The summed E-state index contributed by atoms with van der Waals surface area (Å²) in [6.07, 6.45) is 0. The molecule has 124 valence electrons. The van der Waals surface area contributed by atoms with Gasteiger partial charge in [-0.25, -0.2) is 4.39 Å². The molecule has 1 aliphatic heterocycles. The number of hydrogen-bond acceptors (Lipinski definition) is 2. The first-order valence-electron chi connectivity index (χ1n) is 8.09. The van der Waals surface area contributed by atoms with Gasteiger partial charge in [0.05, 0.1) is 5.56 Å². The molecule has 2 rings (SSSR count). The largest absolute Gasteiger partial charge is 0.336 e. The second kappa shape index (κ2) is 7.73. The number of aryl methyl sites for hydroxylation is 1. The van der Waals surface area contributed by atoms with Crippen molar-refractivity contribution in [2.24, 2.45) is 0 Å². The van der Waals surface area contributed by atoms with Crippen LogP contribution in [0.4, 0.5) is 4.39 Å². The molecule has 1 saturated heterocycles. The summed E-state index contributed by atoms with van der Waals surface area (Å²) in [5.41, 5.74) is 1.13. The van der Waals surface area contributed by atoms with Gasteiger partial charge in [0.1, 0.15) is 5.82 Å². The van der Waals surface area contributed by atoms with Crippen LogP contribution in [0, 0.1) is 12.7 Å². The number of halogens is 1. The minimum Gasteiger partial charge on any atom is -0.336 e. The summed E-state index contributed by atoms with van der Waals surface area (Å²) in [7, 11) is 0. The smallest absolute Gasteiger partial charge is 0.256 e. The molecule has 0 unspecified atom stereocenters. The lowest BCUT2D eigenvalue weighted by Gasteiger charge is -2.42. The van der Waals surface area contributed by atoms with Crippen molar-refractivity contribution < 1.29 is 9.18 Å². The number of amides is 1. The summed E-state index contributed by atoms with van der Waals surface area (Å²) < 4.78 is 13.9. The molecule has 0 spiro atoms. The molecule has 1 aromatic carbocycles. The Morgan fingerprint density at radius 1 is 1.09 bits per heavy atom. The molecular weight excluding hydrogens is 279 g/mol. The Balaban J connectivity index is 0.00000116. The van der Waals surface area contributed by atoms with Crippen LogP contribution in [0.3, 0.4) is 0 Å². The Morgan fingerprint density at radius 3 is 2.09 bits per heavy atom. The third kappa shape index (κ3) is 4.54. The molecule has 0 aromatic heterocycles. The van der Waals surface area contributed by atoms with Gasteiger partial charge in [-0.3, -0.25) is 9.69 Å². The lowest BCUT2D eigenvalue weighted by Crippen LogP contribution is -2.54. The molecule has 22 heavy (non-hydrogen) atoms. The highest BCUT2D eigenvalue weighted by Gasteiger charge is 2.28. The van der Waals surface area contributed by atoms with Gasteiger partial charge in [0.15, 0.2) is 0 Å². The first-order valence-corrected chi connectivity index (χ1v) is 8.09. The van der Waals surface area contributed by atoms with Crippen LogP contribution in [-0.4, -0.2) is 47.4 Å². The number of nitrogens with zero attached hydrogens (tertiary/aromatic N) is 2. The maximum absolute atomic E-state index is 13.9. The summed E-state index contributed by atoms with van der Waals surface area (Å²) in [5.74, 6) is -0.621. The summed E-state index contributed by atoms with van der Waals surface area (Å²) in [6, 6.07) is 4.78. The Morgan fingerprint density at radius 2 is 1.64 bits per heavy atom. The summed E-state index contributed by atoms with van der Waals surface area (Å²) in [5, 5.41) is 0. The Hall–Kier alpha value is -1.42. The van der Waals surface area contributed by atoms with E-state index in [0.29, 0.717) is 13.1 Å². The molecule has 3 nitrogen and oxygen atoms in total. The van der Waals surface area contributed by atoms with Crippen LogP contribution in [0.15, 0.2) is 18.2 Å². The van der Waals surface area contributed by atoms with Crippen molar-refractivity contribution in [2.45, 2.75) is 47.1 Å². The number of benzene rings is 1. The zero-order chi connectivity index (χ0) is 16.9. The summed E-state index contributed by atoms with van der Waals surface area (Å²) in [6.45, 7) is 15.3. The zero-order valence-corrected chi connectivity index (χ0v) is 14.7. The number of rotatable bonds is 1. The Kier molecular flexibility index (Phi) is 6.54. The van der Waals surface area contributed by atoms with Crippen molar-refractivity contribution in [3.8, 4) is 0 Å². The lowest BCUT2D eigenvalue weighted by atomic mass is 10.0. The molecule has 0 radical (unpaired) electrons. The number of carbonyl (C=O) groups excluding carboxylic acids is 1. The SMILES string of the molecule is CC.Cc1ccc(C(=O)N2CCN(C(C)(C)C)CC2)c(F)c1. The first kappa shape index (κ1) is 18.6. The van der Waals surface area contributed by atoms with Gasteiger partial charge in [-0.1, -0.05) is 19.9 Å². The summed E-state index contributed by atoms with van der Waals surface area (Å²) >= 11 is 0. The normalized spacial score (nSPS) is 16.0. The van der Waals surface area contributed by atoms with Crippen LogP contribution in [0.5, 0.6) is 0 Å². The molecule has 1 aliphatic rings. The minimum atomic E-state index is -0.423. The standard InChI is InChI=1S/C16H23FN2O.C2H6/c1-12-5-6-13(14(17)11-12)15(20)18-7-9-19(10-8-18)16(2,3)4;1-2/h5-6,11H,7-10H2,1-4H3;1-2H3. The Bertz CT molecular complexity index is 500. The molecule has 4 heteroatoms. The van der Waals surface area contributed by atoms with Crippen LogP contribution in [-0.2, 0) is 0 Å². The first-order chi connectivity index (χ1) is 10.3. The average Bonchev–Trinajstić information content (AvgIpc) is 2.48. The van der Waals surface area contributed by atoms with Gasteiger partial charge in [-0.15, -0.1) is 0 Å². The van der Waals surface area contributed by atoms with E-state index < -0.39 is 5.82 Å². The second-order valence-electron chi connectivity index (χ2n) is 6.43. The van der Waals surface area contributed by atoms with Crippen molar-refractivity contribution in [1.29, 1.82) is 0 Å². The molecule has 1 fully saturated rings. The van der Waals surface area contributed by atoms with Crippen LogP contribution >= 0.6 is 0 Å². The third-order valence-corrected chi connectivity index (χ3v) is 3.87. The molecular formula is C18H29FN2O. The number of carbonyl (C=O) groups is 1. The van der Waals surface area contributed by atoms with E-state index in [1.165, 1.54) is 6.07 Å². The average molecular weight is 308 g/mol. The second-order valence-corrected chi connectivity index (χ2v) is 6.43. The van der Waals surface area contributed by atoms with Crippen LogP contribution < -0.4 is 0 Å². The molecule has 0 N–H and O–H groups in total. The van der Waals surface area contributed by atoms with E-state index in [0.717, 1.165) is 18.7 Å². The number of piperazine rings is 1. The van der Waals surface area contributed by atoms with Gasteiger partial charge in [0.2, 0.25) is 0 Å². The van der Waals surface area contributed by atoms with Crippen molar-refractivity contribution in [3.05, 3.63) is 35.1 Å². The van der Waals surface area contributed by atoms with Crippen molar-refractivity contribution >= 4 is 5.91 Å². The predicted octanol–water partition coefficient (Wildman–Crippen LogP) is 3.72. The zero-order valence-electron chi connectivity index (χ0n) is 14.7. The van der Waals surface area contributed by atoms with Gasteiger partial charge in [-0.2, -0.15) is 0 Å². The minimum absolute atomic E-state index is 0.115. The molecule has 1 amide bonds. The van der Waals surface area contributed by atoms with Crippen molar-refractivity contribution in [1.82, 2.24) is 9.80 Å². The predicted molar refractivity (Wildman–Crippen MR) is 89.7 cm³/mol. The fourth-order valence-corrected chi connectivity index (χ4v) is 2.54. The fraction of sp³-hybridized carbons (Fsp3) is 0.611. The highest BCUT2D eigenvalue weighted by atomic mass is 19.1. The summed E-state index contributed by atoms with van der Waals surface area (Å²) in [4.78, 5) is 16.5. The molecule has 0 aliphatic carbocycles. The van der Waals surface area contributed by atoms with E-state index in [1.807, 2.05) is 20.8 Å². The van der Waals surface area contributed by atoms with E-state index >= 15 is 0 Å². The van der Waals surface area contributed by atoms with Gasteiger partial charge in [-0.05, 0) is 45.4 Å². The van der Waals surface area contributed by atoms with E-state index in [2.05, 4.69) is 25.7 Å². The molecule has 1 heterocycles. The van der Waals surface area contributed by atoms with E-state index in [4.69, 9.17) is 0 Å². The van der Waals surface area contributed by atoms with Crippen molar-refractivity contribution in [2.75, 3.05) is 26.2 Å². The molecule has 0 atom stereocenters. The fourth-order valence-electron chi connectivity index (χ4n) is 2.54. The third-order valence-electron chi connectivity index (χ3n) is 3.87. The number of hydrogen-bond donors (Lipinski definition) is 0. The van der Waals surface area contributed by atoms with Crippen LogP contribution in [0.25, 0.3) is 0 Å². The highest BCUT2D eigenvalue weighted by molar-refractivity contribution is 5.94. The van der Waals surface area contributed by atoms with Gasteiger partial charge in [0.25, 0.3) is 5.91 Å². The monoisotopic (exact) mass is 308 g/mol. The van der Waals surface area contributed by atoms with E-state index in [1.54, 1.807) is 17.0 Å². The maximum Gasteiger partial charge on any atom is 0.256 e. The topological polar surface area (TPSA) is 23.6 Å². The maximum atomic E-state index is 13.9. The van der Waals surface area contributed by atoms with E-state index in [-0.39, 0.29) is 17.0 Å². The quantitative estimate of drug-likeness (QED) is 0.789. The highest BCUT2D eigenvalue weighted by Crippen LogP contribution is 2.18. The van der Waals surface area contributed by atoms with Gasteiger partial charge >= 0.3 is 0 Å². The van der Waals surface area contributed by atoms with Gasteiger partial charge in [0, 0.05) is 31.7 Å². The van der Waals surface area contributed by atoms with Gasteiger partial charge < -0.3 is 4.90 Å². The van der Waals surface area contributed by atoms with Crippen LogP contribution in [0.1, 0.15) is 50.5 Å². The molecule has 0 bridgehead atoms. The molecule has 0 saturated carbocycles.